The van der Waals surface area contributed by atoms with Gasteiger partial charge in [0.25, 0.3) is 0 Å². The van der Waals surface area contributed by atoms with Gasteiger partial charge in [-0.2, -0.15) is 0 Å². The van der Waals surface area contributed by atoms with E-state index in [1.165, 1.54) is 0 Å². The van der Waals surface area contributed by atoms with Gasteiger partial charge in [0, 0.05) is 30.3 Å². The molecular weight excluding hydrogens is 292 g/mol. The van der Waals surface area contributed by atoms with Crippen molar-refractivity contribution < 1.29 is 9.47 Å². The third-order valence-electron chi connectivity index (χ3n) is 2.79. The Kier molecular flexibility index (Phi) is 8.57. The maximum Gasteiger partial charge on any atom is 0.206 e. The highest BCUT2D eigenvalue weighted by Crippen LogP contribution is 2.26. The number of benzene rings is 1. The quantitative estimate of drug-likeness (QED) is 0.224. The molecule has 118 valence electrons. The maximum atomic E-state index is 6.16. The van der Waals surface area contributed by atoms with E-state index < -0.39 is 0 Å². The normalized spacial score (nSPS) is 11.3. The largest absolute Gasteiger partial charge is 0.496 e. The molecule has 0 aliphatic heterocycles. The first kappa shape index (κ1) is 17.6. The number of rotatable bonds is 8. The molecule has 0 fully saturated rings. The average Bonchev–Trinajstić information content (AvgIpc) is 2.51. The molecule has 0 radical (unpaired) electrons. The van der Waals surface area contributed by atoms with E-state index in [4.69, 9.17) is 26.9 Å². The summed E-state index contributed by atoms with van der Waals surface area (Å²) in [5, 5.41) is 3.72. The van der Waals surface area contributed by atoms with Crippen molar-refractivity contribution in [3.05, 3.63) is 28.8 Å². The molecule has 0 aliphatic carbocycles. The summed E-state index contributed by atoms with van der Waals surface area (Å²) in [5.41, 5.74) is 3.36. The maximum absolute atomic E-state index is 6.16. The Morgan fingerprint density at radius 3 is 2.90 bits per heavy atom. The first-order chi connectivity index (χ1) is 10.2. The van der Waals surface area contributed by atoms with Crippen molar-refractivity contribution >= 4 is 17.6 Å². The van der Waals surface area contributed by atoms with E-state index in [0.29, 0.717) is 29.9 Å². The fraction of sp³-hybridized carbons (Fsp3) is 0.500. The average molecular weight is 315 g/mol. The topological polar surface area (TPSA) is 80.9 Å². The number of ether oxygens (including phenoxy) is 2. The number of hydrazine groups is 1. The number of nitrogens with two attached hydrogens (primary N) is 1. The van der Waals surface area contributed by atoms with Crippen LogP contribution in [-0.2, 0) is 11.3 Å². The van der Waals surface area contributed by atoms with E-state index in [9.17, 15) is 0 Å². The summed E-state index contributed by atoms with van der Waals surface area (Å²) in [6.07, 6.45) is 0.879. The van der Waals surface area contributed by atoms with Gasteiger partial charge in [0.2, 0.25) is 5.96 Å². The fourth-order valence-electron chi connectivity index (χ4n) is 1.72. The number of guanidine groups is 1. The molecule has 21 heavy (non-hydrogen) atoms. The van der Waals surface area contributed by atoms with Gasteiger partial charge in [0.05, 0.1) is 13.7 Å². The van der Waals surface area contributed by atoms with Crippen molar-refractivity contribution in [3.63, 3.8) is 0 Å². The van der Waals surface area contributed by atoms with Crippen molar-refractivity contribution in [3.8, 4) is 5.75 Å². The zero-order valence-corrected chi connectivity index (χ0v) is 13.2. The standard InChI is InChI=1S/C14H23ClN4O2/c1-3-21-9-5-8-17-14(19-16)18-10-11-12(15)6-4-7-13(11)20-2/h4,6-7H,3,5,8-10,16H2,1-2H3,(H2,17,18,19). The molecule has 0 aromatic heterocycles. The van der Waals surface area contributed by atoms with Crippen LogP contribution in [0.2, 0.25) is 5.02 Å². The molecule has 0 saturated carbocycles. The van der Waals surface area contributed by atoms with Crippen LogP contribution in [0.3, 0.4) is 0 Å². The minimum absolute atomic E-state index is 0.376. The lowest BCUT2D eigenvalue weighted by Gasteiger charge is -2.11. The highest BCUT2D eigenvalue weighted by Gasteiger charge is 2.07. The van der Waals surface area contributed by atoms with Gasteiger partial charge in [-0.05, 0) is 25.5 Å². The van der Waals surface area contributed by atoms with Crippen LogP contribution < -0.4 is 21.3 Å². The molecule has 0 atom stereocenters. The fourth-order valence-corrected chi connectivity index (χ4v) is 1.95. The molecule has 0 spiro atoms. The molecule has 1 rings (SSSR count). The molecule has 1 aromatic carbocycles. The Morgan fingerprint density at radius 1 is 1.43 bits per heavy atom. The predicted molar refractivity (Wildman–Crippen MR) is 85.6 cm³/mol. The highest BCUT2D eigenvalue weighted by atomic mass is 35.5. The molecule has 0 heterocycles. The van der Waals surface area contributed by atoms with E-state index >= 15 is 0 Å². The summed E-state index contributed by atoms with van der Waals surface area (Å²) in [6, 6.07) is 5.49. The second-order valence-corrected chi connectivity index (χ2v) is 4.61. The summed E-state index contributed by atoms with van der Waals surface area (Å²) >= 11 is 6.16. The second-order valence-electron chi connectivity index (χ2n) is 4.21. The van der Waals surface area contributed by atoms with E-state index in [0.717, 1.165) is 25.1 Å². The van der Waals surface area contributed by atoms with Gasteiger partial charge in [-0.25, -0.2) is 10.8 Å². The Labute approximate surface area is 130 Å². The first-order valence-electron chi connectivity index (χ1n) is 6.87. The zero-order chi connectivity index (χ0) is 15.5. The zero-order valence-electron chi connectivity index (χ0n) is 12.5. The van der Waals surface area contributed by atoms with Crippen LogP contribution in [-0.4, -0.2) is 32.8 Å². The van der Waals surface area contributed by atoms with Crippen molar-refractivity contribution in [2.45, 2.75) is 19.9 Å². The summed E-state index contributed by atoms with van der Waals surface area (Å²) in [6.45, 7) is 4.50. The summed E-state index contributed by atoms with van der Waals surface area (Å²) in [5.74, 6) is 6.66. The number of aliphatic imine (C=N–C) groups is 1. The Balaban J connectivity index is 2.56. The van der Waals surface area contributed by atoms with E-state index in [1.807, 2.05) is 19.1 Å². The van der Waals surface area contributed by atoms with Crippen molar-refractivity contribution in [1.29, 1.82) is 0 Å². The minimum atomic E-state index is 0.376. The minimum Gasteiger partial charge on any atom is -0.496 e. The van der Waals surface area contributed by atoms with Gasteiger partial charge in [0.1, 0.15) is 5.75 Å². The van der Waals surface area contributed by atoms with Crippen LogP contribution in [0.4, 0.5) is 0 Å². The SMILES string of the molecule is CCOCCCNC(=NCc1c(Cl)cccc1OC)NN. The molecule has 4 N–H and O–H groups in total. The summed E-state index contributed by atoms with van der Waals surface area (Å²) in [4.78, 5) is 4.36. The first-order valence-corrected chi connectivity index (χ1v) is 7.24. The van der Waals surface area contributed by atoms with Crippen LogP contribution in [0, 0.1) is 0 Å². The van der Waals surface area contributed by atoms with Gasteiger partial charge < -0.3 is 14.8 Å². The lowest BCUT2D eigenvalue weighted by atomic mass is 10.2. The molecular formula is C14H23ClN4O2. The predicted octanol–water partition coefficient (Wildman–Crippen LogP) is 1.68. The van der Waals surface area contributed by atoms with Gasteiger partial charge in [-0.15, -0.1) is 0 Å². The Hall–Kier alpha value is -1.50. The number of hydrogen-bond acceptors (Lipinski definition) is 4. The summed E-state index contributed by atoms with van der Waals surface area (Å²) in [7, 11) is 1.60. The number of nitrogens with zero attached hydrogens (tertiary/aromatic N) is 1. The van der Waals surface area contributed by atoms with Crippen LogP contribution in [0.1, 0.15) is 18.9 Å². The van der Waals surface area contributed by atoms with Crippen molar-refractivity contribution in [2.75, 3.05) is 26.9 Å². The van der Waals surface area contributed by atoms with Gasteiger partial charge in [0.15, 0.2) is 0 Å². The molecule has 0 bridgehead atoms. The smallest absolute Gasteiger partial charge is 0.206 e. The van der Waals surface area contributed by atoms with Crippen LogP contribution in [0.25, 0.3) is 0 Å². The highest BCUT2D eigenvalue weighted by molar-refractivity contribution is 6.31. The summed E-state index contributed by atoms with van der Waals surface area (Å²) < 4.78 is 10.5. The molecule has 0 unspecified atom stereocenters. The number of nitrogens with one attached hydrogen (secondary N) is 2. The van der Waals surface area contributed by atoms with Crippen LogP contribution >= 0.6 is 11.6 Å². The third kappa shape index (κ3) is 6.20. The molecule has 7 heteroatoms. The van der Waals surface area contributed by atoms with Crippen LogP contribution in [0.15, 0.2) is 23.2 Å². The van der Waals surface area contributed by atoms with Crippen molar-refractivity contribution in [2.24, 2.45) is 10.8 Å². The van der Waals surface area contributed by atoms with E-state index in [2.05, 4.69) is 15.7 Å². The number of hydrogen-bond donors (Lipinski definition) is 3. The molecule has 1 aromatic rings. The lowest BCUT2D eigenvalue weighted by molar-refractivity contribution is 0.145. The molecule has 6 nitrogen and oxygen atoms in total. The van der Waals surface area contributed by atoms with Crippen LogP contribution in [0.5, 0.6) is 5.75 Å². The molecule has 0 amide bonds. The van der Waals surface area contributed by atoms with E-state index in [-0.39, 0.29) is 0 Å². The van der Waals surface area contributed by atoms with Gasteiger partial charge >= 0.3 is 0 Å². The van der Waals surface area contributed by atoms with Gasteiger partial charge in [-0.3, -0.25) is 5.43 Å². The molecule has 0 saturated heterocycles. The number of halogens is 1. The Bertz CT molecular complexity index is 455. The lowest BCUT2D eigenvalue weighted by Crippen LogP contribution is -2.42. The van der Waals surface area contributed by atoms with Crippen molar-refractivity contribution in [1.82, 2.24) is 10.7 Å². The van der Waals surface area contributed by atoms with Gasteiger partial charge in [-0.1, -0.05) is 17.7 Å². The Morgan fingerprint density at radius 2 is 2.24 bits per heavy atom. The second kappa shape index (κ2) is 10.3. The number of methoxy groups -OCH3 is 1. The third-order valence-corrected chi connectivity index (χ3v) is 3.14. The van der Waals surface area contributed by atoms with E-state index in [1.54, 1.807) is 13.2 Å². The molecule has 0 aliphatic rings. The monoisotopic (exact) mass is 314 g/mol.